The van der Waals surface area contributed by atoms with Crippen LogP contribution in [-0.2, 0) is 4.79 Å². The van der Waals surface area contributed by atoms with Crippen LogP contribution in [0, 0.1) is 6.92 Å². The number of hydrogen-bond donors (Lipinski definition) is 1. The van der Waals surface area contributed by atoms with E-state index in [0.717, 1.165) is 28.5 Å². The fourth-order valence-corrected chi connectivity index (χ4v) is 2.34. The highest BCUT2D eigenvalue weighted by Gasteiger charge is 2.24. The van der Waals surface area contributed by atoms with Crippen LogP contribution in [0.25, 0.3) is 6.08 Å². The minimum absolute atomic E-state index is 0.337. The molecule has 1 aromatic carbocycles. The molecule has 4 heteroatoms. The molecule has 1 saturated heterocycles. The van der Waals surface area contributed by atoms with Gasteiger partial charge in [0.05, 0.1) is 4.91 Å². The van der Waals surface area contributed by atoms with E-state index in [9.17, 15) is 9.59 Å². The predicted molar refractivity (Wildman–Crippen MR) is 78.6 cm³/mol. The second-order valence-corrected chi connectivity index (χ2v) is 5.07. The van der Waals surface area contributed by atoms with Crippen molar-refractivity contribution in [2.45, 2.75) is 6.92 Å². The smallest absolute Gasteiger partial charge is 0.282 e. The number of aryl methyl sites for hydroxylation is 1. The number of nitrogens with one attached hydrogen (secondary N) is 1. The van der Waals surface area contributed by atoms with Crippen LogP contribution < -0.4 is 5.32 Å². The van der Waals surface area contributed by atoms with Crippen molar-refractivity contribution >= 4 is 29.0 Å². The Labute approximate surface area is 116 Å². The van der Waals surface area contributed by atoms with Crippen LogP contribution in [0.15, 0.2) is 53.5 Å². The Morgan fingerprint density at radius 2 is 2.05 bits per heavy atom. The third-order valence-corrected chi connectivity index (χ3v) is 3.50. The van der Waals surface area contributed by atoms with E-state index < -0.39 is 0 Å². The van der Waals surface area contributed by atoms with E-state index in [2.05, 4.69) is 11.9 Å². The molecule has 3 nitrogen and oxygen atoms in total. The number of carbonyl (C=O) groups is 2. The topological polar surface area (TPSA) is 46.2 Å². The lowest BCUT2D eigenvalue weighted by Gasteiger charge is -2.01. The molecule has 1 aromatic rings. The van der Waals surface area contributed by atoms with Crippen LogP contribution in [0.4, 0.5) is 4.79 Å². The molecule has 19 heavy (non-hydrogen) atoms. The molecule has 1 N–H and O–H groups in total. The van der Waals surface area contributed by atoms with Gasteiger partial charge in [0.2, 0.25) is 0 Å². The summed E-state index contributed by atoms with van der Waals surface area (Å²) in [6.07, 6.45) is 5.27. The number of hydrogen-bond acceptors (Lipinski definition) is 3. The molecule has 0 atom stereocenters. The van der Waals surface area contributed by atoms with Crippen LogP contribution in [0.5, 0.6) is 0 Å². The number of benzene rings is 1. The Hall–Kier alpha value is -2.07. The summed E-state index contributed by atoms with van der Waals surface area (Å²) in [6, 6.07) is 7.93. The van der Waals surface area contributed by atoms with Crippen molar-refractivity contribution in [3.63, 3.8) is 0 Å². The van der Waals surface area contributed by atoms with Crippen molar-refractivity contribution in [2.24, 2.45) is 0 Å². The summed E-state index contributed by atoms with van der Waals surface area (Å²) in [6.45, 7) is 5.75. The normalized spacial score (nSPS) is 17.7. The number of imide groups is 1. The van der Waals surface area contributed by atoms with Gasteiger partial charge in [0.25, 0.3) is 11.1 Å². The minimum Gasteiger partial charge on any atom is -0.282 e. The van der Waals surface area contributed by atoms with Crippen molar-refractivity contribution in [3.05, 3.63) is 64.6 Å². The second-order valence-electron chi connectivity index (χ2n) is 4.06. The summed E-state index contributed by atoms with van der Waals surface area (Å²) < 4.78 is 0. The first kappa shape index (κ1) is 13.4. The molecule has 0 saturated carbocycles. The Morgan fingerprint density at radius 1 is 1.32 bits per heavy atom. The standard InChI is InChI=1S/C15H13NO2S/c1-3-11(8-12-7-5-4-6-10(12)2)9-13-14(17)16-15(18)19-13/h3-9H,1H2,2H3,(H,16,17,18)/b11-8+,13-9-. The Balaban J connectivity index is 2.34. The van der Waals surface area contributed by atoms with Gasteiger partial charge in [-0.25, -0.2) is 0 Å². The molecule has 1 aliphatic rings. The van der Waals surface area contributed by atoms with Crippen LogP contribution in [0.2, 0.25) is 0 Å². The quantitative estimate of drug-likeness (QED) is 0.676. The third kappa shape index (κ3) is 3.23. The molecule has 0 unspecified atom stereocenters. The highest BCUT2D eigenvalue weighted by molar-refractivity contribution is 8.18. The number of allylic oxidation sites excluding steroid dienone is 3. The molecular formula is C15H13NO2S. The van der Waals surface area contributed by atoms with E-state index in [-0.39, 0.29) is 11.1 Å². The van der Waals surface area contributed by atoms with E-state index in [1.54, 1.807) is 12.2 Å². The van der Waals surface area contributed by atoms with Gasteiger partial charge >= 0.3 is 0 Å². The molecular weight excluding hydrogens is 258 g/mol. The van der Waals surface area contributed by atoms with E-state index in [4.69, 9.17) is 0 Å². The van der Waals surface area contributed by atoms with Gasteiger partial charge in [-0.1, -0.05) is 36.9 Å². The van der Waals surface area contributed by atoms with E-state index in [1.807, 2.05) is 37.3 Å². The summed E-state index contributed by atoms with van der Waals surface area (Å²) in [5.41, 5.74) is 2.99. The second kappa shape index (κ2) is 5.71. The van der Waals surface area contributed by atoms with Crippen LogP contribution in [0.3, 0.4) is 0 Å². The van der Waals surface area contributed by atoms with Crippen molar-refractivity contribution in [2.75, 3.05) is 0 Å². The van der Waals surface area contributed by atoms with Gasteiger partial charge in [0, 0.05) is 0 Å². The molecule has 0 radical (unpaired) electrons. The number of carbonyl (C=O) groups excluding carboxylic acids is 2. The first-order valence-electron chi connectivity index (χ1n) is 5.75. The predicted octanol–water partition coefficient (Wildman–Crippen LogP) is 3.43. The largest absolute Gasteiger partial charge is 0.290 e. The third-order valence-electron chi connectivity index (χ3n) is 2.69. The average molecular weight is 271 g/mol. The highest BCUT2D eigenvalue weighted by atomic mass is 32.2. The molecule has 0 bridgehead atoms. The lowest BCUT2D eigenvalue weighted by atomic mass is 10.1. The SMILES string of the molecule is C=CC(/C=C1\SC(=O)NC1=O)=C\c1ccccc1C. The van der Waals surface area contributed by atoms with Crippen molar-refractivity contribution in [1.82, 2.24) is 5.32 Å². The summed E-state index contributed by atoms with van der Waals surface area (Å²) >= 11 is 0.905. The zero-order chi connectivity index (χ0) is 13.8. The molecule has 1 aliphatic heterocycles. The Kier molecular flexibility index (Phi) is 4.02. The summed E-state index contributed by atoms with van der Waals surface area (Å²) in [5, 5.41) is 1.89. The van der Waals surface area contributed by atoms with Crippen LogP contribution in [0.1, 0.15) is 11.1 Å². The Morgan fingerprint density at radius 3 is 2.63 bits per heavy atom. The minimum atomic E-state index is -0.354. The van der Waals surface area contributed by atoms with Gasteiger partial charge < -0.3 is 0 Å². The van der Waals surface area contributed by atoms with E-state index >= 15 is 0 Å². The lowest BCUT2D eigenvalue weighted by molar-refractivity contribution is -0.115. The van der Waals surface area contributed by atoms with Crippen LogP contribution >= 0.6 is 11.8 Å². The maximum absolute atomic E-state index is 11.5. The first-order chi connectivity index (χ1) is 9.10. The van der Waals surface area contributed by atoms with Crippen molar-refractivity contribution in [3.8, 4) is 0 Å². The Bertz CT molecular complexity index is 614. The molecule has 96 valence electrons. The summed E-state index contributed by atoms with van der Waals surface area (Å²) in [7, 11) is 0. The molecule has 1 fully saturated rings. The fourth-order valence-electron chi connectivity index (χ4n) is 1.66. The molecule has 2 rings (SSSR count). The van der Waals surface area contributed by atoms with Gasteiger partial charge in [0.15, 0.2) is 0 Å². The number of amides is 2. The first-order valence-corrected chi connectivity index (χ1v) is 6.56. The van der Waals surface area contributed by atoms with Gasteiger partial charge in [0.1, 0.15) is 0 Å². The molecule has 2 amide bonds. The monoisotopic (exact) mass is 271 g/mol. The highest BCUT2D eigenvalue weighted by Crippen LogP contribution is 2.25. The lowest BCUT2D eigenvalue weighted by Crippen LogP contribution is -2.17. The molecule has 0 spiro atoms. The maximum atomic E-state index is 11.5. The van der Waals surface area contributed by atoms with Gasteiger partial charge in [-0.3, -0.25) is 14.9 Å². The van der Waals surface area contributed by atoms with Crippen LogP contribution in [-0.4, -0.2) is 11.1 Å². The number of rotatable bonds is 3. The summed E-state index contributed by atoms with van der Waals surface area (Å²) in [5.74, 6) is -0.354. The zero-order valence-corrected chi connectivity index (χ0v) is 11.3. The molecule has 0 aromatic heterocycles. The van der Waals surface area contributed by atoms with Gasteiger partial charge in [-0.05, 0) is 47.5 Å². The van der Waals surface area contributed by atoms with E-state index in [1.165, 1.54) is 0 Å². The summed E-state index contributed by atoms with van der Waals surface area (Å²) in [4.78, 5) is 23.0. The fraction of sp³-hybridized carbons (Fsp3) is 0.0667. The van der Waals surface area contributed by atoms with E-state index in [0.29, 0.717) is 4.91 Å². The number of thioether (sulfide) groups is 1. The molecule has 1 heterocycles. The van der Waals surface area contributed by atoms with Crippen molar-refractivity contribution in [1.29, 1.82) is 0 Å². The maximum Gasteiger partial charge on any atom is 0.290 e. The zero-order valence-electron chi connectivity index (χ0n) is 10.5. The molecule has 0 aliphatic carbocycles. The van der Waals surface area contributed by atoms with Gasteiger partial charge in [-0.2, -0.15) is 0 Å². The average Bonchev–Trinajstić information content (AvgIpc) is 2.69. The van der Waals surface area contributed by atoms with Crippen molar-refractivity contribution < 1.29 is 9.59 Å². The van der Waals surface area contributed by atoms with Gasteiger partial charge in [-0.15, -0.1) is 0 Å².